The van der Waals surface area contributed by atoms with Crippen molar-refractivity contribution in [2.75, 3.05) is 39.3 Å². The molecule has 0 unspecified atom stereocenters. The number of rotatable bonds is 5. The smallest absolute Gasteiger partial charge is 0.253 e. The lowest BCUT2D eigenvalue weighted by Gasteiger charge is -2.29. The summed E-state index contributed by atoms with van der Waals surface area (Å²) in [6.45, 7) is 7.19. The van der Waals surface area contributed by atoms with Gasteiger partial charge in [-0.15, -0.1) is 0 Å². The minimum absolute atomic E-state index is 0.0425. The summed E-state index contributed by atoms with van der Waals surface area (Å²) in [6, 6.07) is 14.3. The molecule has 0 aliphatic carbocycles. The maximum absolute atomic E-state index is 13.1. The number of hydrogen-bond donors (Lipinski definition) is 0. The Morgan fingerprint density at radius 3 is 2.24 bits per heavy atom. The van der Waals surface area contributed by atoms with E-state index in [-0.39, 0.29) is 10.8 Å². The number of piperidine rings is 1. The van der Waals surface area contributed by atoms with Crippen molar-refractivity contribution in [1.29, 1.82) is 0 Å². The SMILES string of the molecule is CC1CCN(S(=O)(=O)c2ccc(C(=O)N3CCCN(Cc4ccc(Cl)cc4)CC3)cc2)CC1. The van der Waals surface area contributed by atoms with Gasteiger partial charge < -0.3 is 4.90 Å². The molecule has 8 heteroatoms. The Morgan fingerprint density at radius 1 is 0.909 bits per heavy atom. The van der Waals surface area contributed by atoms with Crippen LogP contribution in [0.3, 0.4) is 0 Å². The number of halogens is 1. The van der Waals surface area contributed by atoms with Crippen molar-refractivity contribution < 1.29 is 13.2 Å². The number of benzene rings is 2. The molecule has 4 rings (SSSR count). The summed E-state index contributed by atoms with van der Waals surface area (Å²) >= 11 is 5.98. The predicted octanol–water partition coefficient (Wildman–Crippen LogP) is 4.11. The first-order valence-electron chi connectivity index (χ1n) is 11.7. The molecule has 2 saturated heterocycles. The summed E-state index contributed by atoms with van der Waals surface area (Å²) in [5.41, 5.74) is 1.74. The first-order valence-corrected chi connectivity index (χ1v) is 13.5. The number of amides is 1. The highest BCUT2D eigenvalue weighted by molar-refractivity contribution is 7.89. The van der Waals surface area contributed by atoms with E-state index in [4.69, 9.17) is 11.6 Å². The topological polar surface area (TPSA) is 60.9 Å². The van der Waals surface area contributed by atoms with Crippen molar-refractivity contribution in [3.8, 4) is 0 Å². The summed E-state index contributed by atoms with van der Waals surface area (Å²) in [5.74, 6) is 0.520. The van der Waals surface area contributed by atoms with E-state index in [1.54, 1.807) is 28.6 Å². The van der Waals surface area contributed by atoms with Crippen LogP contribution in [0.4, 0.5) is 0 Å². The van der Waals surface area contributed by atoms with Gasteiger partial charge in [0, 0.05) is 56.4 Å². The van der Waals surface area contributed by atoms with Gasteiger partial charge in [-0.2, -0.15) is 4.31 Å². The van der Waals surface area contributed by atoms with E-state index in [1.165, 1.54) is 5.56 Å². The van der Waals surface area contributed by atoms with Gasteiger partial charge in [0.2, 0.25) is 10.0 Å². The lowest BCUT2D eigenvalue weighted by Crippen LogP contribution is -2.38. The Balaban J connectivity index is 1.36. The van der Waals surface area contributed by atoms with E-state index >= 15 is 0 Å². The van der Waals surface area contributed by atoms with E-state index in [2.05, 4.69) is 11.8 Å². The molecule has 2 aliphatic heterocycles. The van der Waals surface area contributed by atoms with Crippen LogP contribution in [-0.2, 0) is 16.6 Å². The quantitative estimate of drug-likeness (QED) is 0.634. The molecule has 2 heterocycles. The van der Waals surface area contributed by atoms with Crippen molar-refractivity contribution >= 4 is 27.5 Å². The number of sulfonamides is 1. The van der Waals surface area contributed by atoms with E-state index in [9.17, 15) is 13.2 Å². The molecule has 2 aromatic carbocycles. The molecule has 0 saturated carbocycles. The standard InChI is InChI=1S/C25H32ClN3O3S/c1-20-11-15-29(16-12-20)33(31,32)24-9-5-22(6-10-24)25(30)28-14-2-13-27(17-18-28)19-21-3-7-23(26)8-4-21/h3-10,20H,2,11-19H2,1H3. The molecule has 0 spiro atoms. The van der Waals surface area contributed by atoms with Crippen molar-refractivity contribution in [2.45, 2.75) is 37.6 Å². The lowest BCUT2D eigenvalue weighted by molar-refractivity contribution is 0.0761. The maximum Gasteiger partial charge on any atom is 0.253 e. The maximum atomic E-state index is 13.1. The molecule has 0 bridgehead atoms. The molecule has 178 valence electrons. The molecular weight excluding hydrogens is 458 g/mol. The molecule has 0 atom stereocenters. The molecule has 0 N–H and O–H groups in total. The molecule has 6 nitrogen and oxygen atoms in total. The van der Waals surface area contributed by atoms with Gasteiger partial charge in [0.05, 0.1) is 4.90 Å². The highest BCUT2D eigenvalue weighted by Crippen LogP contribution is 2.24. The van der Waals surface area contributed by atoms with Crippen molar-refractivity contribution in [1.82, 2.24) is 14.1 Å². The molecule has 1 amide bonds. The van der Waals surface area contributed by atoms with Gasteiger partial charge in [-0.3, -0.25) is 9.69 Å². The van der Waals surface area contributed by atoms with E-state index < -0.39 is 10.0 Å². The van der Waals surface area contributed by atoms with E-state index in [1.807, 2.05) is 29.2 Å². The zero-order valence-corrected chi connectivity index (χ0v) is 20.7. The zero-order valence-electron chi connectivity index (χ0n) is 19.1. The number of nitrogens with zero attached hydrogens (tertiary/aromatic N) is 3. The average molecular weight is 490 g/mol. The summed E-state index contributed by atoms with van der Waals surface area (Å²) in [7, 11) is -3.50. The second-order valence-corrected chi connectivity index (χ2v) is 11.5. The lowest BCUT2D eigenvalue weighted by atomic mass is 10.0. The number of hydrogen-bond acceptors (Lipinski definition) is 4. The number of carbonyl (C=O) groups excluding carboxylic acids is 1. The second kappa shape index (κ2) is 10.6. The Hall–Kier alpha value is -1.93. The minimum Gasteiger partial charge on any atom is -0.337 e. The molecule has 0 radical (unpaired) electrons. The van der Waals surface area contributed by atoms with Crippen LogP contribution in [0, 0.1) is 5.92 Å². The van der Waals surface area contributed by atoms with Gasteiger partial charge in [-0.1, -0.05) is 30.7 Å². The summed E-state index contributed by atoms with van der Waals surface area (Å²) < 4.78 is 27.5. The highest BCUT2D eigenvalue weighted by Gasteiger charge is 2.28. The molecular formula is C25H32ClN3O3S. The highest BCUT2D eigenvalue weighted by atomic mass is 35.5. The Labute approximate surface area is 202 Å². The predicted molar refractivity (Wildman–Crippen MR) is 131 cm³/mol. The third kappa shape index (κ3) is 5.96. The largest absolute Gasteiger partial charge is 0.337 e. The fourth-order valence-corrected chi connectivity index (χ4v) is 6.10. The summed E-state index contributed by atoms with van der Waals surface area (Å²) in [6.07, 6.45) is 2.68. The molecule has 2 aromatic rings. The monoisotopic (exact) mass is 489 g/mol. The van der Waals surface area contributed by atoms with E-state index in [0.717, 1.165) is 43.9 Å². The molecule has 0 aromatic heterocycles. The van der Waals surface area contributed by atoms with Crippen LogP contribution in [0.2, 0.25) is 5.02 Å². The summed E-state index contributed by atoms with van der Waals surface area (Å²) in [4.78, 5) is 17.6. The minimum atomic E-state index is -3.50. The zero-order chi connectivity index (χ0) is 23.4. The van der Waals surface area contributed by atoms with Gasteiger partial charge >= 0.3 is 0 Å². The third-order valence-corrected chi connectivity index (χ3v) is 8.84. The third-order valence-electron chi connectivity index (χ3n) is 6.68. The van der Waals surface area contributed by atoms with Crippen LogP contribution in [0.1, 0.15) is 42.1 Å². The fraction of sp³-hybridized carbons (Fsp3) is 0.480. The van der Waals surface area contributed by atoms with Crippen LogP contribution >= 0.6 is 11.6 Å². The molecule has 33 heavy (non-hydrogen) atoms. The van der Waals surface area contributed by atoms with Gasteiger partial charge in [0.1, 0.15) is 0 Å². The Kier molecular flexibility index (Phi) is 7.74. The number of carbonyl (C=O) groups is 1. The van der Waals surface area contributed by atoms with Crippen molar-refractivity contribution in [2.24, 2.45) is 5.92 Å². The Bertz CT molecular complexity index is 1050. The first kappa shape index (κ1) is 24.2. The molecule has 2 aliphatic rings. The van der Waals surface area contributed by atoms with Crippen LogP contribution in [0.25, 0.3) is 0 Å². The fourth-order valence-electron chi connectivity index (χ4n) is 4.51. The molecule has 2 fully saturated rings. The average Bonchev–Trinajstić information content (AvgIpc) is 3.06. The first-order chi connectivity index (χ1) is 15.8. The van der Waals surface area contributed by atoms with Crippen molar-refractivity contribution in [3.63, 3.8) is 0 Å². The van der Waals surface area contributed by atoms with Crippen LogP contribution < -0.4 is 0 Å². The van der Waals surface area contributed by atoms with Crippen LogP contribution in [-0.4, -0.2) is 67.7 Å². The second-order valence-electron chi connectivity index (χ2n) is 9.16. The normalized spacial score (nSPS) is 19.4. The van der Waals surface area contributed by atoms with Gasteiger partial charge in [-0.05, 0) is 67.1 Å². The summed E-state index contributed by atoms with van der Waals surface area (Å²) in [5, 5.41) is 0.732. The van der Waals surface area contributed by atoms with Crippen LogP contribution in [0.15, 0.2) is 53.4 Å². The van der Waals surface area contributed by atoms with Crippen LogP contribution in [0.5, 0.6) is 0 Å². The van der Waals surface area contributed by atoms with Gasteiger partial charge in [0.15, 0.2) is 0 Å². The van der Waals surface area contributed by atoms with Gasteiger partial charge in [-0.25, -0.2) is 8.42 Å². The van der Waals surface area contributed by atoms with Gasteiger partial charge in [0.25, 0.3) is 5.91 Å². The van der Waals surface area contributed by atoms with E-state index in [0.29, 0.717) is 37.7 Å². The van der Waals surface area contributed by atoms with Crippen molar-refractivity contribution in [3.05, 3.63) is 64.7 Å². The Morgan fingerprint density at radius 2 is 1.58 bits per heavy atom.